The maximum Gasteiger partial charge on any atom is 0.272 e. The van der Waals surface area contributed by atoms with Gasteiger partial charge in [0.15, 0.2) is 5.69 Å². The number of aromatic nitrogens is 2. The van der Waals surface area contributed by atoms with Crippen LogP contribution in [0.2, 0.25) is 0 Å². The normalized spacial score (nSPS) is 11.0. The van der Waals surface area contributed by atoms with E-state index in [1.165, 1.54) is 0 Å². The van der Waals surface area contributed by atoms with Crippen molar-refractivity contribution in [2.24, 2.45) is 0 Å². The first-order valence-electron chi connectivity index (χ1n) is 6.57. The quantitative estimate of drug-likeness (QED) is 0.779. The molecular formula is C14H20N4O2. The maximum atomic E-state index is 12.1. The third kappa shape index (κ3) is 3.27. The van der Waals surface area contributed by atoms with Gasteiger partial charge in [0.05, 0.1) is 12.6 Å². The molecule has 1 amide bonds. The van der Waals surface area contributed by atoms with E-state index in [9.17, 15) is 4.79 Å². The molecule has 0 atom stereocenters. The summed E-state index contributed by atoms with van der Waals surface area (Å²) in [5.74, 6) is 0.583. The molecule has 0 saturated carbocycles. The largest absolute Gasteiger partial charge is 0.497 e. The highest BCUT2D eigenvalue weighted by molar-refractivity contribution is 6.04. The minimum atomic E-state index is -0.153. The summed E-state index contributed by atoms with van der Waals surface area (Å²) in [6.45, 7) is 1.58. The molecule has 0 aliphatic carbocycles. The number of aromatic amines is 1. The average molecular weight is 276 g/mol. The number of nitrogens with zero attached hydrogens (tertiary/aromatic N) is 2. The summed E-state index contributed by atoms with van der Waals surface area (Å²) in [5.41, 5.74) is 1.22. The Balaban J connectivity index is 2.03. The van der Waals surface area contributed by atoms with Crippen LogP contribution >= 0.6 is 0 Å². The standard InChI is InChI=1S/C14H20N4O2/c1-18(2)8-4-7-15-14(19)13-11-6-5-10(20-3)9-12(11)16-17-13/h5-6,9H,4,7-8H2,1-3H3,(H,15,19)(H,16,17). The third-order valence-electron chi connectivity index (χ3n) is 3.05. The van der Waals surface area contributed by atoms with Crippen LogP contribution in [0.25, 0.3) is 10.9 Å². The Morgan fingerprint density at radius 2 is 2.25 bits per heavy atom. The second-order valence-electron chi connectivity index (χ2n) is 4.90. The van der Waals surface area contributed by atoms with E-state index in [0.29, 0.717) is 12.2 Å². The van der Waals surface area contributed by atoms with Crippen LogP contribution in [0.15, 0.2) is 18.2 Å². The van der Waals surface area contributed by atoms with E-state index in [2.05, 4.69) is 20.4 Å². The van der Waals surface area contributed by atoms with Crippen LogP contribution < -0.4 is 10.1 Å². The molecule has 0 aliphatic rings. The number of nitrogens with one attached hydrogen (secondary N) is 2. The summed E-state index contributed by atoms with van der Waals surface area (Å²) in [4.78, 5) is 14.2. The van der Waals surface area contributed by atoms with Gasteiger partial charge in [-0.1, -0.05) is 0 Å². The highest BCUT2D eigenvalue weighted by atomic mass is 16.5. The molecule has 1 aromatic heterocycles. The van der Waals surface area contributed by atoms with Crippen LogP contribution in [0.3, 0.4) is 0 Å². The van der Waals surface area contributed by atoms with E-state index in [4.69, 9.17) is 4.74 Å². The molecule has 108 valence electrons. The van der Waals surface area contributed by atoms with Crippen molar-refractivity contribution in [1.29, 1.82) is 0 Å². The van der Waals surface area contributed by atoms with E-state index in [-0.39, 0.29) is 5.91 Å². The summed E-state index contributed by atoms with van der Waals surface area (Å²) in [6.07, 6.45) is 0.912. The van der Waals surface area contributed by atoms with Gasteiger partial charge in [-0.05, 0) is 39.2 Å². The number of benzene rings is 1. The van der Waals surface area contributed by atoms with Gasteiger partial charge in [0, 0.05) is 18.0 Å². The van der Waals surface area contributed by atoms with Crippen molar-refractivity contribution in [2.75, 3.05) is 34.3 Å². The molecule has 2 N–H and O–H groups in total. The molecule has 0 bridgehead atoms. The van der Waals surface area contributed by atoms with Crippen LogP contribution in [0.4, 0.5) is 0 Å². The lowest BCUT2D eigenvalue weighted by Crippen LogP contribution is -2.27. The average Bonchev–Trinajstić information content (AvgIpc) is 2.86. The van der Waals surface area contributed by atoms with Crippen molar-refractivity contribution < 1.29 is 9.53 Å². The Morgan fingerprint density at radius 3 is 2.95 bits per heavy atom. The van der Waals surface area contributed by atoms with Crippen molar-refractivity contribution in [3.63, 3.8) is 0 Å². The topological polar surface area (TPSA) is 70.2 Å². The SMILES string of the molecule is COc1ccc2c(C(=O)NCCCN(C)C)n[nH]c2c1. The number of fused-ring (bicyclic) bond motifs is 1. The minimum absolute atomic E-state index is 0.153. The van der Waals surface area contributed by atoms with Gasteiger partial charge < -0.3 is 15.0 Å². The fourth-order valence-electron chi connectivity index (χ4n) is 1.98. The zero-order valence-corrected chi connectivity index (χ0v) is 12.1. The van der Waals surface area contributed by atoms with Gasteiger partial charge in [-0.25, -0.2) is 0 Å². The van der Waals surface area contributed by atoms with Gasteiger partial charge in [-0.2, -0.15) is 5.10 Å². The van der Waals surface area contributed by atoms with Gasteiger partial charge in [0.1, 0.15) is 5.75 Å². The smallest absolute Gasteiger partial charge is 0.272 e. The molecule has 1 heterocycles. The summed E-state index contributed by atoms with van der Waals surface area (Å²) < 4.78 is 5.14. The number of carbonyl (C=O) groups excluding carboxylic acids is 1. The summed E-state index contributed by atoms with van der Waals surface area (Å²) in [6, 6.07) is 5.48. The van der Waals surface area contributed by atoms with Gasteiger partial charge in [-0.3, -0.25) is 9.89 Å². The van der Waals surface area contributed by atoms with Crippen molar-refractivity contribution in [3.05, 3.63) is 23.9 Å². The zero-order chi connectivity index (χ0) is 14.5. The number of rotatable bonds is 6. The first-order chi connectivity index (χ1) is 9.61. The van der Waals surface area contributed by atoms with Crippen molar-refractivity contribution in [2.45, 2.75) is 6.42 Å². The first kappa shape index (κ1) is 14.3. The molecule has 6 heteroatoms. The number of hydrogen-bond donors (Lipinski definition) is 2. The molecule has 0 saturated heterocycles. The lowest BCUT2D eigenvalue weighted by atomic mass is 10.2. The molecule has 0 unspecified atom stereocenters. The molecule has 6 nitrogen and oxygen atoms in total. The van der Waals surface area contributed by atoms with Crippen molar-refractivity contribution >= 4 is 16.8 Å². The number of methoxy groups -OCH3 is 1. The van der Waals surface area contributed by atoms with Crippen LogP contribution in [-0.4, -0.2) is 55.3 Å². The zero-order valence-electron chi connectivity index (χ0n) is 12.1. The number of amides is 1. The lowest BCUT2D eigenvalue weighted by Gasteiger charge is -2.09. The molecule has 1 aromatic carbocycles. The molecule has 0 radical (unpaired) electrons. The monoisotopic (exact) mass is 276 g/mol. The Bertz CT molecular complexity index is 592. The van der Waals surface area contributed by atoms with Crippen molar-refractivity contribution in [3.8, 4) is 5.75 Å². The summed E-state index contributed by atoms with van der Waals surface area (Å²) in [5, 5.41) is 10.6. The molecular weight excluding hydrogens is 256 g/mol. The Labute approximate surface area is 118 Å². The number of carbonyl (C=O) groups is 1. The van der Waals surface area contributed by atoms with E-state index in [1.54, 1.807) is 7.11 Å². The maximum absolute atomic E-state index is 12.1. The summed E-state index contributed by atoms with van der Waals surface area (Å²) in [7, 11) is 5.63. The van der Waals surface area contributed by atoms with Crippen molar-refractivity contribution in [1.82, 2.24) is 20.4 Å². The second-order valence-corrected chi connectivity index (χ2v) is 4.90. The predicted octanol–water partition coefficient (Wildman–Crippen LogP) is 1.25. The van der Waals surface area contributed by atoms with E-state index < -0.39 is 0 Å². The van der Waals surface area contributed by atoms with E-state index in [1.807, 2.05) is 32.3 Å². The van der Waals surface area contributed by atoms with E-state index >= 15 is 0 Å². The fourth-order valence-corrected chi connectivity index (χ4v) is 1.98. The van der Waals surface area contributed by atoms with Gasteiger partial charge in [-0.15, -0.1) is 0 Å². The van der Waals surface area contributed by atoms with E-state index in [0.717, 1.165) is 29.6 Å². The number of hydrogen-bond acceptors (Lipinski definition) is 4. The fraction of sp³-hybridized carbons (Fsp3) is 0.429. The van der Waals surface area contributed by atoms with Crippen LogP contribution in [0.1, 0.15) is 16.9 Å². The Morgan fingerprint density at radius 1 is 1.45 bits per heavy atom. The summed E-state index contributed by atoms with van der Waals surface area (Å²) >= 11 is 0. The lowest BCUT2D eigenvalue weighted by molar-refractivity contribution is 0.0949. The Hall–Kier alpha value is -2.08. The Kier molecular flexibility index (Phi) is 4.57. The molecule has 0 spiro atoms. The first-order valence-corrected chi connectivity index (χ1v) is 6.57. The molecule has 2 rings (SSSR count). The molecule has 0 aliphatic heterocycles. The van der Waals surface area contributed by atoms with Gasteiger partial charge in [0.25, 0.3) is 5.91 Å². The van der Waals surface area contributed by atoms with Gasteiger partial charge >= 0.3 is 0 Å². The van der Waals surface area contributed by atoms with Crippen LogP contribution in [0.5, 0.6) is 5.75 Å². The van der Waals surface area contributed by atoms with Gasteiger partial charge in [0.2, 0.25) is 0 Å². The predicted molar refractivity (Wildman–Crippen MR) is 78.1 cm³/mol. The van der Waals surface area contributed by atoms with Crippen LogP contribution in [0, 0.1) is 0 Å². The van der Waals surface area contributed by atoms with Crippen LogP contribution in [-0.2, 0) is 0 Å². The number of H-pyrrole nitrogens is 1. The minimum Gasteiger partial charge on any atom is -0.497 e. The number of ether oxygens (including phenoxy) is 1. The highest BCUT2D eigenvalue weighted by Gasteiger charge is 2.13. The molecule has 0 fully saturated rings. The molecule has 2 aromatic rings. The third-order valence-corrected chi connectivity index (χ3v) is 3.05. The molecule has 20 heavy (non-hydrogen) atoms. The highest BCUT2D eigenvalue weighted by Crippen LogP contribution is 2.21. The second kappa shape index (κ2) is 6.38.